The van der Waals surface area contributed by atoms with Gasteiger partial charge in [0.05, 0.1) is 16.7 Å². The van der Waals surface area contributed by atoms with Crippen molar-refractivity contribution in [1.82, 2.24) is 9.80 Å². The standard InChI is InChI=1S/C15H26N2O.C12H15FO2S.CH4O.F2.H2/c1-6-12(18)11-17(5)15-10-8-9-14(16(3)4)13(15)7-2;1-9-6-10(13)8-12(7-9)16(14,15)11-4-2-3-5-11;2*1-2;/h7,14H,2,6,8-11H2,1,3-5H3;6-8,11H,2-5H2,1H3;2H,1H3;;1H/t14-;;;;/m1..../s1. The zero-order chi connectivity index (χ0) is 29.5. The zero-order valence-corrected chi connectivity index (χ0v) is 24.5. The van der Waals surface area contributed by atoms with Crippen LogP contribution in [0.15, 0.2) is 47.0 Å². The molecule has 0 saturated heterocycles. The molecule has 6 nitrogen and oxygen atoms in total. The molecule has 1 saturated carbocycles. The molecule has 0 spiro atoms. The lowest BCUT2D eigenvalue weighted by Gasteiger charge is -2.35. The fraction of sp³-hybridized carbons (Fsp3) is 0.607. The van der Waals surface area contributed by atoms with Crippen LogP contribution in [0.4, 0.5) is 13.5 Å². The van der Waals surface area contributed by atoms with Crippen molar-refractivity contribution in [2.24, 2.45) is 0 Å². The summed E-state index contributed by atoms with van der Waals surface area (Å²) >= 11 is 0. The van der Waals surface area contributed by atoms with Crippen molar-refractivity contribution in [3.8, 4) is 0 Å². The van der Waals surface area contributed by atoms with E-state index in [9.17, 15) is 17.6 Å². The number of benzene rings is 1. The molecule has 0 bridgehead atoms. The molecule has 0 amide bonds. The Hall–Kier alpha value is -2.17. The molecular formula is C28H47F3N2O4S. The van der Waals surface area contributed by atoms with Gasteiger partial charge < -0.3 is 14.9 Å². The highest BCUT2D eigenvalue weighted by Gasteiger charge is 2.30. The Bertz CT molecular complexity index is 994. The quantitative estimate of drug-likeness (QED) is 0.418. The van der Waals surface area contributed by atoms with Crippen molar-refractivity contribution in [1.29, 1.82) is 0 Å². The lowest BCUT2D eigenvalue weighted by atomic mass is 9.90. The van der Waals surface area contributed by atoms with Gasteiger partial charge in [0.2, 0.25) is 0 Å². The van der Waals surface area contributed by atoms with Gasteiger partial charge in [-0.25, -0.2) is 12.8 Å². The van der Waals surface area contributed by atoms with Gasteiger partial charge in [-0.2, -0.15) is 0 Å². The number of aliphatic hydroxyl groups excluding tert-OH is 1. The monoisotopic (exact) mass is 564 g/mol. The fourth-order valence-corrected chi connectivity index (χ4v) is 6.85. The molecule has 1 atom stereocenters. The summed E-state index contributed by atoms with van der Waals surface area (Å²) in [6.45, 7) is 8.09. The molecule has 1 N–H and O–H groups in total. The minimum atomic E-state index is -3.32. The number of hydrogen-bond acceptors (Lipinski definition) is 6. The van der Waals surface area contributed by atoms with E-state index >= 15 is 0 Å². The van der Waals surface area contributed by atoms with Crippen LogP contribution in [0.1, 0.15) is 65.3 Å². The van der Waals surface area contributed by atoms with Gasteiger partial charge in [0.15, 0.2) is 15.6 Å². The summed E-state index contributed by atoms with van der Waals surface area (Å²) in [6, 6.07) is 4.45. The maximum atomic E-state index is 13.2. The molecule has 1 aromatic carbocycles. The first-order chi connectivity index (χ1) is 18.0. The highest BCUT2D eigenvalue weighted by atomic mass is 32.2. The van der Waals surface area contributed by atoms with Gasteiger partial charge in [0.1, 0.15) is 5.82 Å². The first kappa shape index (κ1) is 35.8. The number of aliphatic hydroxyl groups is 1. The van der Waals surface area contributed by atoms with Crippen LogP contribution in [0.3, 0.4) is 0 Å². The Balaban J connectivity index is 0. The second-order valence-corrected chi connectivity index (χ2v) is 11.9. The van der Waals surface area contributed by atoms with Crippen molar-refractivity contribution >= 4 is 15.6 Å². The van der Waals surface area contributed by atoms with Gasteiger partial charge >= 0.3 is 0 Å². The van der Waals surface area contributed by atoms with Crippen LogP contribution < -0.4 is 0 Å². The number of halogens is 3. The summed E-state index contributed by atoms with van der Waals surface area (Å²) in [7, 11) is 3.91. The minimum absolute atomic E-state index is 0. The lowest BCUT2D eigenvalue weighted by molar-refractivity contribution is -0.119. The Morgan fingerprint density at radius 1 is 1.11 bits per heavy atom. The predicted molar refractivity (Wildman–Crippen MR) is 150 cm³/mol. The number of ketones is 1. The molecule has 1 fully saturated rings. The van der Waals surface area contributed by atoms with E-state index in [1.165, 1.54) is 30.2 Å². The maximum Gasteiger partial charge on any atom is 0.181 e. The summed E-state index contributed by atoms with van der Waals surface area (Å²) in [5.74, 6) is -0.183. The van der Waals surface area contributed by atoms with Crippen LogP contribution in [0.25, 0.3) is 0 Å². The fourth-order valence-electron chi connectivity index (χ4n) is 4.89. The van der Waals surface area contributed by atoms with E-state index in [1.807, 2.05) is 20.0 Å². The Morgan fingerprint density at radius 2 is 1.68 bits per heavy atom. The summed E-state index contributed by atoms with van der Waals surface area (Å²) in [5.41, 5.74) is 3.23. The molecule has 0 unspecified atom stereocenters. The zero-order valence-electron chi connectivity index (χ0n) is 23.6. The smallest absolute Gasteiger partial charge is 0.181 e. The first-order valence-electron chi connectivity index (χ1n) is 12.9. The van der Waals surface area contributed by atoms with Crippen LogP contribution in [-0.2, 0) is 14.6 Å². The van der Waals surface area contributed by atoms with Crippen molar-refractivity contribution in [2.45, 2.75) is 81.4 Å². The molecule has 0 aromatic heterocycles. The molecule has 220 valence electrons. The largest absolute Gasteiger partial charge is 0.400 e. The molecule has 0 heterocycles. The van der Waals surface area contributed by atoms with E-state index in [2.05, 4.69) is 30.5 Å². The molecular weight excluding hydrogens is 517 g/mol. The number of allylic oxidation sites excluding steroid dienone is 1. The van der Waals surface area contributed by atoms with Crippen LogP contribution in [0.5, 0.6) is 0 Å². The van der Waals surface area contributed by atoms with Gasteiger partial charge in [-0.1, -0.05) is 32.4 Å². The molecule has 38 heavy (non-hydrogen) atoms. The third-order valence-corrected chi connectivity index (χ3v) is 9.02. The summed E-state index contributed by atoms with van der Waals surface area (Å²) < 4.78 is 53.5. The van der Waals surface area contributed by atoms with Crippen molar-refractivity contribution < 1.29 is 33.3 Å². The number of hydrogen-bond donors (Lipinski definition) is 1. The lowest BCUT2D eigenvalue weighted by Crippen LogP contribution is -2.36. The third kappa shape index (κ3) is 10.5. The SMILES string of the molecule is C=CC1=C(N(C)CC(=O)CC)CCC[C@H]1N(C)C.CO.Cc1cc(F)cc(S(=O)(=O)C2CCCC2)c1.FF.[HH]. The molecule has 1 aromatic rings. The van der Waals surface area contributed by atoms with Crippen LogP contribution in [0, 0.1) is 12.7 Å². The van der Waals surface area contributed by atoms with E-state index in [4.69, 9.17) is 14.3 Å². The summed E-state index contributed by atoms with van der Waals surface area (Å²) in [6.07, 6.45) is 9.31. The number of carbonyl (C=O) groups is 1. The Kier molecular flexibility index (Phi) is 17.1. The van der Waals surface area contributed by atoms with Crippen molar-refractivity contribution in [3.05, 3.63) is 53.5 Å². The predicted octanol–water partition coefficient (Wildman–Crippen LogP) is 6.00. The Labute approximate surface area is 228 Å². The second kappa shape index (κ2) is 18.2. The number of rotatable bonds is 8. The normalized spacial score (nSPS) is 17.4. The molecule has 3 rings (SSSR count). The van der Waals surface area contributed by atoms with E-state index in [1.54, 1.807) is 13.0 Å². The van der Waals surface area contributed by atoms with Crippen LogP contribution in [-0.4, -0.2) is 75.2 Å². The number of likely N-dealkylation sites (N-methyl/N-ethyl adjacent to an activating group) is 2. The molecule has 0 radical (unpaired) electrons. The molecule has 0 aliphatic heterocycles. The van der Waals surface area contributed by atoms with E-state index in [0.717, 1.165) is 32.4 Å². The van der Waals surface area contributed by atoms with Gasteiger partial charge in [0, 0.05) is 42.9 Å². The number of Topliss-reactive ketones (excluding diaryl/α,β-unsaturated/α-hetero) is 1. The second-order valence-electron chi connectivity index (χ2n) is 9.64. The average Bonchev–Trinajstić information content (AvgIpc) is 3.46. The topological polar surface area (TPSA) is 77.9 Å². The van der Waals surface area contributed by atoms with Gasteiger partial charge in [-0.15, -0.1) is 0 Å². The molecule has 2 aliphatic rings. The molecule has 10 heteroatoms. The number of sulfone groups is 1. The summed E-state index contributed by atoms with van der Waals surface area (Å²) in [4.78, 5) is 16.1. The number of aryl methyl sites for hydroxylation is 1. The number of nitrogens with zero attached hydrogens (tertiary/aromatic N) is 2. The third-order valence-electron chi connectivity index (χ3n) is 6.78. The van der Waals surface area contributed by atoms with Gasteiger partial charge in [-0.3, -0.25) is 4.79 Å². The first-order valence-corrected chi connectivity index (χ1v) is 14.4. The van der Waals surface area contributed by atoms with Gasteiger partial charge in [0.25, 0.3) is 0 Å². The number of carbonyl (C=O) groups excluding carboxylic acids is 1. The van der Waals surface area contributed by atoms with Crippen molar-refractivity contribution in [2.75, 3.05) is 34.8 Å². The van der Waals surface area contributed by atoms with Crippen LogP contribution >= 0.6 is 0 Å². The van der Waals surface area contributed by atoms with Gasteiger partial charge in [-0.05, 0) is 82.5 Å². The Morgan fingerprint density at radius 3 is 2.16 bits per heavy atom. The average molecular weight is 565 g/mol. The maximum absolute atomic E-state index is 13.2. The van der Waals surface area contributed by atoms with E-state index in [0.29, 0.717) is 43.2 Å². The molecule has 2 aliphatic carbocycles. The van der Waals surface area contributed by atoms with E-state index < -0.39 is 15.7 Å². The summed E-state index contributed by atoms with van der Waals surface area (Å²) in [5, 5.41) is 6.69. The highest BCUT2D eigenvalue weighted by molar-refractivity contribution is 7.92. The minimum Gasteiger partial charge on any atom is -0.400 e. The highest BCUT2D eigenvalue weighted by Crippen LogP contribution is 2.31. The van der Waals surface area contributed by atoms with E-state index in [-0.39, 0.29) is 11.6 Å². The van der Waals surface area contributed by atoms with Crippen LogP contribution in [0.2, 0.25) is 0 Å². The van der Waals surface area contributed by atoms with Crippen molar-refractivity contribution in [3.63, 3.8) is 0 Å².